The molecule has 0 radical (unpaired) electrons. The van der Waals surface area contributed by atoms with Gasteiger partial charge in [0.05, 0.1) is 25.9 Å². The molecule has 1 fully saturated rings. The highest BCUT2D eigenvalue weighted by Crippen LogP contribution is 2.41. The number of ether oxygens (including phenoxy) is 1. The van der Waals surface area contributed by atoms with E-state index in [4.69, 9.17) is 4.74 Å². The first-order chi connectivity index (χ1) is 15.0. The molecule has 0 bridgehead atoms. The molecule has 31 heavy (non-hydrogen) atoms. The summed E-state index contributed by atoms with van der Waals surface area (Å²) in [6.45, 7) is 0. The zero-order valence-corrected chi connectivity index (χ0v) is 18.8. The van der Waals surface area contributed by atoms with Gasteiger partial charge in [-0.1, -0.05) is 6.07 Å². The minimum absolute atomic E-state index is 0.0131. The summed E-state index contributed by atoms with van der Waals surface area (Å²) in [7, 11) is 1.49. The van der Waals surface area contributed by atoms with Crippen LogP contribution in [0.15, 0.2) is 46.2 Å². The number of carboxylic acid groups (broad SMARTS) is 1. The van der Waals surface area contributed by atoms with Crippen molar-refractivity contribution in [3.8, 4) is 5.88 Å². The number of rotatable bonds is 8. The van der Waals surface area contributed by atoms with Crippen LogP contribution in [0.25, 0.3) is 0 Å². The van der Waals surface area contributed by atoms with Crippen molar-refractivity contribution in [2.45, 2.75) is 22.9 Å². The van der Waals surface area contributed by atoms with E-state index in [9.17, 15) is 19.5 Å². The summed E-state index contributed by atoms with van der Waals surface area (Å²) < 4.78 is 5.05. The van der Waals surface area contributed by atoms with Gasteiger partial charge in [0.1, 0.15) is 22.1 Å². The predicted molar refractivity (Wildman–Crippen MR) is 117 cm³/mol. The molecule has 4 heterocycles. The van der Waals surface area contributed by atoms with Gasteiger partial charge in [0.2, 0.25) is 11.8 Å². The van der Waals surface area contributed by atoms with Gasteiger partial charge in [0.15, 0.2) is 0 Å². The largest absolute Gasteiger partial charge is 0.480 e. The van der Waals surface area contributed by atoms with Crippen LogP contribution in [0.3, 0.4) is 0 Å². The number of aliphatic carboxylic acids is 1. The quantitative estimate of drug-likeness (QED) is 0.430. The van der Waals surface area contributed by atoms with Crippen LogP contribution in [-0.2, 0) is 20.8 Å². The van der Waals surface area contributed by atoms with Crippen molar-refractivity contribution >= 4 is 52.6 Å². The molecule has 2 aromatic heterocycles. The third kappa shape index (κ3) is 4.55. The van der Waals surface area contributed by atoms with Crippen molar-refractivity contribution in [2.24, 2.45) is 0 Å². The fourth-order valence-electron chi connectivity index (χ4n) is 3.25. The van der Waals surface area contributed by atoms with E-state index in [-0.39, 0.29) is 18.0 Å². The molecule has 162 valence electrons. The van der Waals surface area contributed by atoms with Gasteiger partial charge in [-0.25, -0.2) is 9.78 Å². The topological polar surface area (TPSA) is 122 Å². The number of aromatic nitrogens is 2. The monoisotopic (exact) mass is 478 g/mol. The van der Waals surface area contributed by atoms with Crippen LogP contribution in [0.2, 0.25) is 0 Å². The van der Waals surface area contributed by atoms with E-state index in [1.165, 1.54) is 53.1 Å². The molecule has 0 saturated carbocycles. The van der Waals surface area contributed by atoms with Gasteiger partial charge >= 0.3 is 5.97 Å². The van der Waals surface area contributed by atoms with Crippen molar-refractivity contribution < 1.29 is 24.2 Å². The lowest BCUT2D eigenvalue weighted by molar-refractivity contribution is -0.150. The van der Waals surface area contributed by atoms with Crippen molar-refractivity contribution in [3.05, 3.63) is 46.1 Å². The van der Waals surface area contributed by atoms with Gasteiger partial charge in [-0.05, 0) is 17.0 Å². The first-order valence-electron chi connectivity index (χ1n) is 9.18. The number of hydrogen-bond donors (Lipinski definition) is 2. The number of thioether (sulfide) groups is 2. The van der Waals surface area contributed by atoms with Crippen LogP contribution < -0.4 is 10.1 Å². The average molecular weight is 479 g/mol. The molecule has 9 nitrogen and oxygen atoms in total. The number of β-lactam (4-membered cyclic amide) rings is 1. The van der Waals surface area contributed by atoms with Crippen LogP contribution >= 0.6 is 34.9 Å². The average Bonchev–Trinajstić information content (AvgIpc) is 3.28. The Morgan fingerprint density at radius 2 is 2.26 bits per heavy atom. The Balaban J connectivity index is 1.44. The molecule has 2 N–H and O–H groups in total. The lowest BCUT2D eigenvalue weighted by Gasteiger charge is -2.49. The van der Waals surface area contributed by atoms with Crippen LogP contribution in [0.4, 0.5) is 0 Å². The number of nitrogens with zero attached hydrogens (tertiary/aromatic N) is 3. The van der Waals surface area contributed by atoms with Crippen LogP contribution in [0.1, 0.15) is 4.88 Å². The normalized spacial score (nSPS) is 20.2. The second-order valence-corrected chi connectivity index (χ2v) is 9.79. The number of fused-ring (bicyclic) bond motifs is 1. The van der Waals surface area contributed by atoms with Gasteiger partial charge in [-0.15, -0.1) is 34.9 Å². The van der Waals surface area contributed by atoms with Gasteiger partial charge < -0.3 is 15.2 Å². The van der Waals surface area contributed by atoms with Crippen molar-refractivity contribution in [3.63, 3.8) is 0 Å². The first-order valence-corrected chi connectivity index (χ1v) is 12.1. The molecule has 2 atom stereocenters. The lowest BCUT2D eigenvalue weighted by Crippen LogP contribution is -2.70. The summed E-state index contributed by atoms with van der Waals surface area (Å²) in [5.74, 6) is -0.651. The van der Waals surface area contributed by atoms with E-state index >= 15 is 0 Å². The van der Waals surface area contributed by atoms with Gasteiger partial charge in [-0.3, -0.25) is 19.5 Å². The molecule has 0 aliphatic carbocycles. The third-order valence-corrected chi connectivity index (χ3v) is 7.88. The molecule has 12 heteroatoms. The Labute approximate surface area is 190 Å². The van der Waals surface area contributed by atoms with Crippen LogP contribution in [0, 0.1) is 0 Å². The standard InChI is InChI=1S/C19H18N4O5S3/c1-28-13-6-20-7-14(22-13)30-8-10-9-31-18-15(17(25)23(18)16(10)19(26)27)21-12(24)5-11-3-2-4-29-11/h2-4,6-7,15,18H,5,8-9H2,1H3,(H,21,24)(H,26,27)/t15?,18-/m0/s1. The van der Waals surface area contributed by atoms with Crippen molar-refractivity contribution in [1.82, 2.24) is 20.2 Å². The summed E-state index contributed by atoms with van der Waals surface area (Å²) in [5, 5.41) is 14.6. The molecule has 2 aliphatic rings. The summed E-state index contributed by atoms with van der Waals surface area (Å²) >= 11 is 4.24. The molecule has 2 aliphatic heterocycles. The van der Waals surface area contributed by atoms with E-state index in [1.54, 1.807) is 6.20 Å². The Morgan fingerprint density at radius 3 is 2.97 bits per heavy atom. The van der Waals surface area contributed by atoms with Gasteiger partial charge in [0.25, 0.3) is 5.91 Å². The van der Waals surface area contributed by atoms with E-state index in [0.717, 1.165) is 4.88 Å². The molecule has 1 unspecified atom stereocenters. The smallest absolute Gasteiger partial charge is 0.352 e. The predicted octanol–water partition coefficient (Wildman–Crippen LogP) is 1.62. The number of hydrogen-bond acceptors (Lipinski definition) is 9. The van der Waals surface area contributed by atoms with E-state index in [1.807, 2.05) is 17.5 Å². The second kappa shape index (κ2) is 9.28. The van der Waals surface area contributed by atoms with Gasteiger partial charge in [0, 0.05) is 16.4 Å². The molecular weight excluding hydrogens is 460 g/mol. The number of carboxylic acids is 1. The minimum Gasteiger partial charge on any atom is -0.480 e. The summed E-state index contributed by atoms with van der Waals surface area (Å²) in [5.41, 5.74) is 0.612. The first kappa shape index (κ1) is 21.7. The molecule has 1 saturated heterocycles. The number of carbonyl (C=O) groups excluding carboxylic acids is 2. The summed E-state index contributed by atoms with van der Waals surface area (Å²) in [4.78, 5) is 47.4. The molecule has 2 amide bonds. The lowest BCUT2D eigenvalue weighted by atomic mass is 10.0. The van der Waals surface area contributed by atoms with E-state index in [0.29, 0.717) is 28.0 Å². The highest BCUT2D eigenvalue weighted by atomic mass is 32.2. The number of nitrogens with one attached hydrogen (secondary N) is 1. The zero-order valence-electron chi connectivity index (χ0n) is 16.3. The fraction of sp³-hybridized carbons (Fsp3) is 0.316. The Hall–Kier alpha value is -2.57. The number of thiophene rings is 1. The number of amides is 2. The van der Waals surface area contributed by atoms with Crippen LogP contribution in [-0.4, -0.2) is 67.8 Å². The summed E-state index contributed by atoms with van der Waals surface area (Å²) in [6, 6.07) is 3.00. The SMILES string of the molecule is COc1cncc(SCC2=C(C(=O)O)N3C(=O)C(NC(=O)Cc4cccs4)[C@@H]3SC2)n1. The zero-order chi connectivity index (χ0) is 22.0. The number of methoxy groups -OCH3 is 1. The van der Waals surface area contributed by atoms with Crippen molar-refractivity contribution in [1.29, 1.82) is 0 Å². The third-order valence-electron chi connectivity index (χ3n) is 4.67. The highest BCUT2D eigenvalue weighted by molar-refractivity contribution is 8.01. The highest BCUT2D eigenvalue weighted by Gasteiger charge is 2.54. The maximum absolute atomic E-state index is 12.7. The molecular formula is C19H18N4O5S3. The molecule has 0 spiro atoms. The second-order valence-electron chi connectivity index (χ2n) is 6.66. The maximum atomic E-state index is 12.7. The minimum atomic E-state index is -1.16. The molecule has 0 aromatic carbocycles. The maximum Gasteiger partial charge on any atom is 0.352 e. The Bertz CT molecular complexity index is 1040. The van der Waals surface area contributed by atoms with E-state index in [2.05, 4.69) is 15.3 Å². The molecule has 4 rings (SSSR count). The number of carbonyl (C=O) groups is 3. The van der Waals surface area contributed by atoms with Crippen LogP contribution in [0.5, 0.6) is 5.88 Å². The molecule has 2 aromatic rings. The fourth-order valence-corrected chi connectivity index (χ4v) is 6.28. The summed E-state index contributed by atoms with van der Waals surface area (Å²) in [6.07, 6.45) is 3.25. The van der Waals surface area contributed by atoms with E-state index < -0.39 is 23.3 Å². The van der Waals surface area contributed by atoms with Crippen molar-refractivity contribution in [2.75, 3.05) is 18.6 Å². The Kier molecular flexibility index (Phi) is 6.49. The van der Waals surface area contributed by atoms with Gasteiger partial charge in [-0.2, -0.15) is 0 Å². The Morgan fingerprint density at radius 1 is 1.42 bits per heavy atom.